The van der Waals surface area contributed by atoms with E-state index in [1.165, 1.54) is 4.90 Å². The lowest BCUT2D eigenvalue weighted by Gasteiger charge is -2.31. The van der Waals surface area contributed by atoms with E-state index in [1.807, 2.05) is 0 Å². The maximum atomic E-state index is 14.6. The van der Waals surface area contributed by atoms with E-state index >= 15 is 0 Å². The first-order valence-electron chi connectivity index (χ1n) is 29.2. The third-order valence-electron chi connectivity index (χ3n) is 13.9. The SMILES string of the molecule is NCCCC[C@H](NC(=O)[C@H](CO)NC(=O)[C@H](CCC(=O)O)NC(=O)[C@H](CCCN=C(N)N)NC(=O)[C@H](Cc1ccccc1)NC(=O)[C@@H]1CCCN1C(=O)[C@H](CCCCN)NC(=O)[C@@H](N)CC(=O)O)C(=O)N[C@@H](CC(=O)O)C(=O)N[C@@H](CCCN=C(N)N)C(=O)O. The number of aliphatic carboxylic acids is 4. The second kappa shape index (κ2) is 41.0. The molecule has 1 fully saturated rings. The lowest BCUT2D eigenvalue weighted by atomic mass is 10.0. The van der Waals surface area contributed by atoms with Gasteiger partial charge in [0.25, 0.3) is 0 Å². The molecule has 90 heavy (non-hydrogen) atoms. The Hall–Kier alpha value is -9.29. The van der Waals surface area contributed by atoms with Crippen LogP contribution in [0.3, 0.4) is 0 Å². The molecule has 9 amide bonds. The van der Waals surface area contributed by atoms with E-state index in [0.717, 1.165) is 0 Å². The largest absolute Gasteiger partial charge is 0.481 e. The second-order valence-electron chi connectivity index (χ2n) is 21.1. The van der Waals surface area contributed by atoms with Gasteiger partial charge in [0.1, 0.15) is 54.4 Å². The number of likely N-dealkylation sites (tertiary alicyclic amines) is 1. The number of guanidine groups is 2. The number of amides is 9. The van der Waals surface area contributed by atoms with Crippen LogP contribution in [0.25, 0.3) is 0 Å². The van der Waals surface area contributed by atoms with Crippen molar-refractivity contribution in [2.75, 3.05) is 39.3 Å². The van der Waals surface area contributed by atoms with Crippen LogP contribution in [0.2, 0.25) is 0 Å². The number of nitrogens with one attached hydrogen (secondary N) is 8. The number of carboxylic acids is 4. The fourth-order valence-electron chi connectivity index (χ4n) is 9.18. The topological polar surface area (TPSA) is 629 Å². The lowest BCUT2D eigenvalue weighted by Crippen LogP contribution is -2.61. The van der Waals surface area contributed by atoms with E-state index in [2.05, 4.69) is 52.5 Å². The first-order valence-corrected chi connectivity index (χ1v) is 29.2. The zero-order chi connectivity index (χ0) is 67.5. The van der Waals surface area contributed by atoms with E-state index in [9.17, 15) is 87.9 Å². The molecule has 0 radical (unpaired) electrons. The van der Waals surface area contributed by atoms with Gasteiger partial charge in [0.05, 0.1) is 25.5 Å². The molecular formula is C54H88N18O18. The monoisotopic (exact) mass is 1280 g/mol. The minimum atomic E-state index is -1.95. The van der Waals surface area contributed by atoms with Crippen LogP contribution < -0.4 is 82.7 Å². The highest BCUT2D eigenvalue weighted by atomic mass is 16.4. The summed E-state index contributed by atoms with van der Waals surface area (Å²) in [6, 6.07) is -7.67. The van der Waals surface area contributed by atoms with Gasteiger partial charge in [-0.2, -0.15) is 0 Å². The van der Waals surface area contributed by atoms with Gasteiger partial charge in [-0.05, 0) is 102 Å². The molecule has 0 bridgehead atoms. The third kappa shape index (κ3) is 29.1. The van der Waals surface area contributed by atoms with Crippen molar-refractivity contribution in [1.82, 2.24) is 47.4 Å². The molecule has 502 valence electrons. The molecule has 0 aliphatic carbocycles. The van der Waals surface area contributed by atoms with Crippen LogP contribution in [0.4, 0.5) is 0 Å². The number of carboxylic acid groups (broad SMARTS) is 4. The van der Waals surface area contributed by atoms with Crippen molar-refractivity contribution in [2.45, 2.75) is 170 Å². The van der Waals surface area contributed by atoms with Crippen LogP contribution in [-0.2, 0) is 68.7 Å². The Bertz CT molecular complexity index is 2660. The number of rotatable bonds is 44. The molecule has 1 aliphatic rings. The van der Waals surface area contributed by atoms with Crippen molar-refractivity contribution >= 4 is 89.0 Å². The summed E-state index contributed by atoms with van der Waals surface area (Å²) in [5.41, 5.74) is 39.2. The zero-order valence-electron chi connectivity index (χ0n) is 49.9. The van der Waals surface area contributed by atoms with Gasteiger partial charge >= 0.3 is 23.9 Å². The van der Waals surface area contributed by atoms with E-state index in [-0.39, 0.29) is 109 Å². The lowest BCUT2D eigenvalue weighted by molar-refractivity contribution is -0.144. The predicted octanol–water partition coefficient (Wildman–Crippen LogP) is -7.32. The van der Waals surface area contributed by atoms with Crippen LogP contribution in [0.1, 0.15) is 108 Å². The average molecular weight is 1280 g/mol. The highest BCUT2D eigenvalue weighted by Gasteiger charge is 2.40. The highest BCUT2D eigenvalue weighted by molar-refractivity contribution is 5.99. The van der Waals surface area contributed by atoms with Gasteiger partial charge in [-0.1, -0.05) is 30.3 Å². The highest BCUT2D eigenvalue weighted by Crippen LogP contribution is 2.21. The summed E-state index contributed by atoms with van der Waals surface area (Å²) in [6.45, 7) is -0.888. The molecule has 1 heterocycles. The Balaban J connectivity index is 2.49. The van der Waals surface area contributed by atoms with Crippen LogP contribution in [0.15, 0.2) is 40.3 Å². The molecule has 36 heteroatoms. The average Bonchev–Trinajstić information content (AvgIpc) is 2.59. The number of unbranched alkanes of at least 4 members (excludes halogenated alkanes) is 2. The number of aliphatic imine (C=N–C) groups is 2. The fourth-order valence-corrected chi connectivity index (χ4v) is 9.18. The summed E-state index contributed by atoms with van der Waals surface area (Å²) in [6.07, 6.45) is -2.38. The Morgan fingerprint density at radius 1 is 0.500 bits per heavy atom. The number of hydrogen-bond donors (Lipinski definition) is 20. The summed E-state index contributed by atoms with van der Waals surface area (Å²) >= 11 is 0. The maximum Gasteiger partial charge on any atom is 0.326 e. The molecule has 2 rings (SSSR count). The van der Waals surface area contributed by atoms with Crippen LogP contribution in [0, 0.1) is 0 Å². The predicted molar refractivity (Wildman–Crippen MR) is 320 cm³/mol. The van der Waals surface area contributed by atoms with E-state index in [1.54, 1.807) is 30.3 Å². The molecule has 10 atom stereocenters. The third-order valence-corrected chi connectivity index (χ3v) is 13.9. The maximum absolute atomic E-state index is 14.6. The van der Waals surface area contributed by atoms with Crippen LogP contribution in [0.5, 0.6) is 0 Å². The number of carbonyl (C=O) groups is 13. The molecule has 27 N–H and O–H groups in total. The van der Waals surface area contributed by atoms with Crippen molar-refractivity contribution < 1.29 is 87.9 Å². The van der Waals surface area contributed by atoms with Gasteiger partial charge in [-0.15, -0.1) is 0 Å². The molecule has 36 nitrogen and oxygen atoms in total. The van der Waals surface area contributed by atoms with Gasteiger partial charge in [0.2, 0.25) is 53.2 Å². The second-order valence-corrected chi connectivity index (χ2v) is 21.1. The van der Waals surface area contributed by atoms with Gasteiger partial charge in [-0.25, -0.2) is 4.79 Å². The number of nitrogens with zero attached hydrogens (tertiary/aromatic N) is 3. The number of aliphatic hydroxyl groups excluding tert-OH is 1. The number of aliphatic hydroxyl groups is 1. The molecule has 1 saturated heterocycles. The summed E-state index contributed by atoms with van der Waals surface area (Å²) < 4.78 is 0. The van der Waals surface area contributed by atoms with Crippen LogP contribution in [-0.4, -0.2) is 219 Å². The van der Waals surface area contributed by atoms with E-state index < -0.39 is 170 Å². The van der Waals surface area contributed by atoms with Crippen molar-refractivity contribution in [3.63, 3.8) is 0 Å². The number of nitrogens with two attached hydrogens (primary N) is 7. The smallest absolute Gasteiger partial charge is 0.326 e. The summed E-state index contributed by atoms with van der Waals surface area (Å²) in [5, 5.41) is 67.7. The zero-order valence-corrected chi connectivity index (χ0v) is 49.9. The number of benzene rings is 1. The summed E-state index contributed by atoms with van der Waals surface area (Å²) in [7, 11) is 0. The molecule has 0 unspecified atom stereocenters. The van der Waals surface area contributed by atoms with Gasteiger partial charge in [0, 0.05) is 32.5 Å². The van der Waals surface area contributed by atoms with E-state index in [0.29, 0.717) is 24.8 Å². The Morgan fingerprint density at radius 2 is 0.933 bits per heavy atom. The normalized spacial score (nSPS) is 15.6. The molecule has 0 aromatic heterocycles. The fraction of sp³-hybridized carbons (Fsp3) is 0.611. The molecule has 1 aliphatic heterocycles. The standard InChI is InChI=1S/C54H88N18O18/c55-20-6-4-13-31(45(82)69-37(27-42(78)79)48(85)68-35(52(89)90)16-9-23-63-54(60)61)65-49(86)38(28-73)71-46(83)33(18-19-40(74)75)66-44(81)32(15-8-22-62-53(58)59)64-47(84)36(25-29-11-2-1-3-12-29)70-50(87)39-17-10-24-72(39)51(88)34(14-5-7-21-56)67-43(80)30(57)26-41(76)77/h1-3,11-12,30-39,73H,4-10,13-28,55-57H2,(H,64,84)(H,65,86)(H,66,81)(H,67,80)(H,68,85)(H,69,82)(H,70,87)(H,71,83)(H,74,75)(H,76,77)(H,78,79)(H,89,90)(H4,58,59,62)(H4,60,61,63)/t30-,31-,32-,33-,34-,35-,36-,37-,38-,39-/m0/s1. The van der Waals surface area contributed by atoms with Crippen LogP contribution >= 0.6 is 0 Å². The summed E-state index contributed by atoms with van der Waals surface area (Å²) in [4.78, 5) is 181. The first kappa shape index (κ1) is 76.8. The van der Waals surface area contributed by atoms with Gasteiger partial charge in [-0.3, -0.25) is 67.5 Å². The van der Waals surface area contributed by atoms with Crippen molar-refractivity contribution in [2.24, 2.45) is 50.1 Å². The molecule has 0 spiro atoms. The molecular weight excluding hydrogens is 1190 g/mol. The first-order chi connectivity index (χ1) is 42.6. The molecule has 1 aromatic carbocycles. The van der Waals surface area contributed by atoms with Crippen molar-refractivity contribution in [3.8, 4) is 0 Å². The van der Waals surface area contributed by atoms with Crippen molar-refractivity contribution in [1.29, 1.82) is 0 Å². The Labute approximate surface area is 517 Å². The Kier molecular flexibility index (Phi) is 35.0. The minimum Gasteiger partial charge on any atom is -0.481 e. The van der Waals surface area contributed by atoms with Gasteiger partial charge in [0.15, 0.2) is 11.9 Å². The van der Waals surface area contributed by atoms with E-state index in [4.69, 9.17) is 40.1 Å². The quantitative estimate of drug-likeness (QED) is 0.0164. The Morgan fingerprint density at radius 3 is 1.42 bits per heavy atom. The minimum absolute atomic E-state index is 0.0134. The number of carbonyl (C=O) groups excluding carboxylic acids is 9. The number of hydrogen-bond acceptors (Lipinski definition) is 19. The molecule has 0 saturated carbocycles. The van der Waals surface area contributed by atoms with Gasteiger partial charge < -0.3 is 113 Å². The summed E-state index contributed by atoms with van der Waals surface area (Å²) in [5.74, 6) is -15.9. The van der Waals surface area contributed by atoms with Crippen molar-refractivity contribution in [3.05, 3.63) is 35.9 Å². The molecule has 1 aromatic rings.